The van der Waals surface area contributed by atoms with Crippen LogP contribution in [0.1, 0.15) is 21.6 Å². The van der Waals surface area contributed by atoms with Gasteiger partial charge in [0, 0.05) is 18.0 Å². The fraction of sp³-hybridized carbons (Fsp3) is 0.292. The minimum absolute atomic E-state index is 0.00456. The Morgan fingerprint density at radius 3 is 2.57 bits per heavy atom. The van der Waals surface area contributed by atoms with E-state index < -0.39 is 0 Å². The summed E-state index contributed by atoms with van der Waals surface area (Å²) >= 11 is 1.72. The zero-order valence-electron chi connectivity index (χ0n) is 17.7. The molecule has 158 valence electrons. The van der Waals surface area contributed by atoms with Crippen LogP contribution in [0.15, 0.2) is 60.0 Å². The second-order valence-electron chi connectivity index (χ2n) is 7.24. The molecule has 1 heterocycles. The molecule has 0 aliphatic rings. The molecular weight excluding hydrogens is 396 g/mol. The molecule has 30 heavy (non-hydrogen) atoms. The molecule has 3 rings (SSSR count). The van der Waals surface area contributed by atoms with Crippen LogP contribution in [-0.4, -0.2) is 31.5 Å². The lowest BCUT2D eigenvalue weighted by Crippen LogP contribution is -2.34. The Morgan fingerprint density at radius 1 is 1.07 bits per heavy atom. The Bertz CT molecular complexity index is 956. The fourth-order valence-corrected chi connectivity index (χ4v) is 4.03. The van der Waals surface area contributed by atoms with E-state index in [0.717, 1.165) is 17.7 Å². The number of thiophene rings is 1. The number of hydrogen-bond acceptors (Lipinski definition) is 5. The van der Waals surface area contributed by atoms with Crippen LogP contribution in [-0.2, 0) is 24.5 Å². The first-order valence-electron chi connectivity index (χ1n) is 9.87. The molecule has 0 bridgehead atoms. The SMILES string of the molecule is COc1cc(CNC(=O)CN(C)Cc2sccc2C)ccc1OCc1ccccc1. The lowest BCUT2D eigenvalue weighted by molar-refractivity contribution is -0.122. The number of aryl methyl sites for hydroxylation is 1. The van der Waals surface area contributed by atoms with Crippen LogP contribution in [0.4, 0.5) is 0 Å². The first-order valence-corrected chi connectivity index (χ1v) is 10.7. The van der Waals surface area contributed by atoms with Crippen LogP contribution in [0.25, 0.3) is 0 Å². The molecular formula is C24H28N2O3S. The smallest absolute Gasteiger partial charge is 0.234 e. The molecule has 0 atom stereocenters. The van der Waals surface area contributed by atoms with E-state index in [0.29, 0.717) is 31.2 Å². The van der Waals surface area contributed by atoms with Crippen molar-refractivity contribution in [3.05, 3.63) is 81.5 Å². The lowest BCUT2D eigenvalue weighted by atomic mass is 10.2. The molecule has 0 radical (unpaired) electrons. The molecule has 0 unspecified atom stereocenters. The molecule has 0 aliphatic carbocycles. The van der Waals surface area contributed by atoms with Crippen molar-refractivity contribution in [3.8, 4) is 11.5 Å². The number of nitrogens with one attached hydrogen (secondary N) is 1. The molecule has 0 saturated heterocycles. The van der Waals surface area contributed by atoms with E-state index in [-0.39, 0.29) is 5.91 Å². The fourth-order valence-electron chi connectivity index (χ4n) is 3.05. The van der Waals surface area contributed by atoms with Crippen molar-refractivity contribution in [2.24, 2.45) is 0 Å². The average Bonchev–Trinajstić information content (AvgIpc) is 3.15. The molecule has 3 aromatic rings. The molecule has 0 fully saturated rings. The predicted octanol–water partition coefficient (Wildman–Crippen LogP) is 4.39. The third kappa shape index (κ3) is 6.34. The first-order chi connectivity index (χ1) is 14.5. The summed E-state index contributed by atoms with van der Waals surface area (Å²) in [5.41, 5.74) is 3.33. The zero-order valence-corrected chi connectivity index (χ0v) is 18.5. The Kier molecular flexibility index (Phi) is 7.88. The highest BCUT2D eigenvalue weighted by molar-refractivity contribution is 7.10. The summed E-state index contributed by atoms with van der Waals surface area (Å²) in [6, 6.07) is 17.8. The van der Waals surface area contributed by atoms with Gasteiger partial charge in [0.15, 0.2) is 11.5 Å². The van der Waals surface area contributed by atoms with Gasteiger partial charge in [-0.2, -0.15) is 0 Å². The van der Waals surface area contributed by atoms with Crippen molar-refractivity contribution in [1.82, 2.24) is 10.2 Å². The highest BCUT2D eigenvalue weighted by atomic mass is 32.1. The normalized spacial score (nSPS) is 10.8. The Hall–Kier alpha value is -2.83. The number of hydrogen-bond donors (Lipinski definition) is 1. The van der Waals surface area contributed by atoms with Gasteiger partial charge in [-0.1, -0.05) is 36.4 Å². The van der Waals surface area contributed by atoms with Gasteiger partial charge in [-0.25, -0.2) is 0 Å². The van der Waals surface area contributed by atoms with E-state index in [1.54, 1.807) is 18.4 Å². The summed E-state index contributed by atoms with van der Waals surface area (Å²) in [6.07, 6.45) is 0. The minimum Gasteiger partial charge on any atom is -0.493 e. The van der Waals surface area contributed by atoms with E-state index in [1.165, 1.54) is 10.4 Å². The number of methoxy groups -OCH3 is 1. The van der Waals surface area contributed by atoms with Crippen molar-refractivity contribution in [1.29, 1.82) is 0 Å². The molecule has 1 aromatic heterocycles. The van der Waals surface area contributed by atoms with E-state index >= 15 is 0 Å². The van der Waals surface area contributed by atoms with Gasteiger partial charge in [0.2, 0.25) is 5.91 Å². The molecule has 0 spiro atoms. The number of likely N-dealkylation sites (N-methyl/N-ethyl adjacent to an activating group) is 1. The Labute approximate surface area is 182 Å². The highest BCUT2D eigenvalue weighted by Crippen LogP contribution is 2.28. The monoisotopic (exact) mass is 424 g/mol. The summed E-state index contributed by atoms with van der Waals surface area (Å²) < 4.78 is 11.4. The van der Waals surface area contributed by atoms with Crippen LogP contribution < -0.4 is 14.8 Å². The lowest BCUT2D eigenvalue weighted by Gasteiger charge is -2.16. The van der Waals surface area contributed by atoms with Gasteiger partial charge < -0.3 is 14.8 Å². The topological polar surface area (TPSA) is 50.8 Å². The number of benzene rings is 2. The standard InChI is InChI=1S/C24H28N2O3S/c1-18-11-12-30-23(18)15-26(2)16-24(27)25-14-20-9-10-21(22(13-20)28-3)29-17-19-7-5-4-6-8-19/h4-13H,14-17H2,1-3H3,(H,25,27). The van der Waals surface area contributed by atoms with Gasteiger partial charge in [0.25, 0.3) is 0 Å². The van der Waals surface area contributed by atoms with Gasteiger partial charge in [0.1, 0.15) is 6.61 Å². The quantitative estimate of drug-likeness (QED) is 0.524. The number of ether oxygens (including phenoxy) is 2. The van der Waals surface area contributed by atoms with Crippen molar-refractivity contribution in [3.63, 3.8) is 0 Å². The van der Waals surface area contributed by atoms with Crippen molar-refractivity contribution >= 4 is 17.2 Å². The van der Waals surface area contributed by atoms with E-state index in [2.05, 4.69) is 23.7 Å². The average molecular weight is 425 g/mol. The summed E-state index contributed by atoms with van der Waals surface area (Å²) in [5.74, 6) is 1.33. The highest BCUT2D eigenvalue weighted by Gasteiger charge is 2.11. The molecule has 6 heteroatoms. The summed E-state index contributed by atoms with van der Waals surface area (Å²) in [6.45, 7) is 4.15. The maximum absolute atomic E-state index is 12.3. The number of nitrogens with zero attached hydrogens (tertiary/aromatic N) is 1. The number of amides is 1. The molecule has 1 amide bonds. The molecule has 1 N–H and O–H groups in total. The molecule has 0 saturated carbocycles. The zero-order chi connectivity index (χ0) is 21.3. The van der Waals surface area contributed by atoms with E-state index in [9.17, 15) is 4.79 Å². The first kappa shape index (κ1) is 21.9. The number of carbonyl (C=O) groups is 1. The van der Waals surface area contributed by atoms with Crippen LogP contribution in [0.2, 0.25) is 0 Å². The molecule has 0 aliphatic heterocycles. The molecule has 5 nitrogen and oxygen atoms in total. The number of carbonyl (C=O) groups excluding carboxylic acids is 1. The third-order valence-corrected chi connectivity index (χ3v) is 5.76. The van der Waals surface area contributed by atoms with Crippen molar-refractivity contribution < 1.29 is 14.3 Å². The molecule has 2 aromatic carbocycles. The van der Waals surface area contributed by atoms with Crippen LogP contribution in [0.5, 0.6) is 11.5 Å². The van der Waals surface area contributed by atoms with Crippen LogP contribution in [0, 0.1) is 6.92 Å². The van der Waals surface area contributed by atoms with Crippen LogP contribution >= 0.6 is 11.3 Å². The van der Waals surface area contributed by atoms with Gasteiger partial charge >= 0.3 is 0 Å². The largest absolute Gasteiger partial charge is 0.493 e. The van der Waals surface area contributed by atoms with E-state index in [4.69, 9.17) is 9.47 Å². The summed E-state index contributed by atoms with van der Waals surface area (Å²) in [4.78, 5) is 15.6. The van der Waals surface area contributed by atoms with Gasteiger partial charge in [0.05, 0.1) is 13.7 Å². The Balaban J connectivity index is 1.49. The summed E-state index contributed by atoms with van der Waals surface area (Å²) in [7, 11) is 3.58. The second-order valence-corrected chi connectivity index (χ2v) is 8.24. The second kappa shape index (κ2) is 10.8. The van der Waals surface area contributed by atoms with Crippen LogP contribution in [0.3, 0.4) is 0 Å². The Morgan fingerprint density at radius 2 is 1.87 bits per heavy atom. The number of rotatable bonds is 10. The van der Waals surface area contributed by atoms with Crippen molar-refractivity contribution in [2.75, 3.05) is 20.7 Å². The van der Waals surface area contributed by atoms with E-state index in [1.807, 2.05) is 60.5 Å². The third-order valence-electron chi connectivity index (χ3n) is 4.75. The maximum atomic E-state index is 12.3. The minimum atomic E-state index is -0.00456. The summed E-state index contributed by atoms with van der Waals surface area (Å²) in [5, 5.41) is 5.06. The van der Waals surface area contributed by atoms with Gasteiger partial charge in [-0.05, 0) is 54.2 Å². The van der Waals surface area contributed by atoms with Gasteiger partial charge in [-0.15, -0.1) is 11.3 Å². The van der Waals surface area contributed by atoms with Gasteiger partial charge in [-0.3, -0.25) is 9.69 Å². The predicted molar refractivity (Wildman–Crippen MR) is 121 cm³/mol. The maximum Gasteiger partial charge on any atom is 0.234 e. The van der Waals surface area contributed by atoms with Crippen molar-refractivity contribution in [2.45, 2.75) is 26.6 Å².